The molecule has 0 aliphatic carbocycles. The maximum Gasteiger partial charge on any atom is 0.265 e. The van der Waals surface area contributed by atoms with E-state index in [1.165, 1.54) is 17.4 Å². The highest BCUT2D eigenvalue weighted by Gasteiger charge is 2.27. The Labute approximate surface area is 154 Å². The van der Waals surface area contributed by atoms with E-state index in [9.17, 15) is 9.18 Å². The Morgan fingerprint density at radius 2 is 2.27 bits per heavy atom. The molecule has 4 rings (SSSR count). The lowest BCUT2D eigenvalue weighted by Gasteiger charge is -2.33. The van der Waals surface area contributed by atoms with E-state index in [1.54, 1.807) is 42.5 Å². The summed E-state index contributed by atoms with van der Waals surface area (Å²) in [4.78, 5) is 19.4. The van der Waals surface area contributed by atoms with E-state index < -0.39 is 0 Å². The number of aromatic nitrogens is 1. The van der Waals surface area contributed by atoms with Gasteiger partial charge in [0.2, 0.25) is 0 Å². The van der Waals surface area contributed by atoms with Crippen LogP contribution in [0.4, 0.5) is 4.39 Å². The van der Waals surface area contributed by atoms with Crippen LogP contribution in [0.5, 0.6) is 0 Å². The van der Waals surface area contributed by atoms with Gasteiger partial charge in [-0.3, -0.25) is 4.79 Å². The minimum Gasteiger partial charge on any atom is -0.462 e. The molecule has 1 aliphatic rings. The number of morpholine rings is 1. The van der Waals surface area contributed by atoms with Crippen LogP contribution in [0.2, 0.25) is 0 Å². The Bertz CT molecular complexity index is 923. The van der Waals surface area contributed by atoms with Gasteiger partial charge in [0.1, 0.15) is 16.8 Å². The Morgan fingerprint density at radius 3 is 3.04 bits per heavy atom. The number of hydrogen-bond donors (Lipinski definition) is 0. The van der Waals surface area contributed by atoms with Crippen molar-refractivity contribution in [3.63, 3.8) is 0 Å². The molecule has 3 aromatic rings. The number of rotatable bonds is 3. The third kappa shape index (κ3) is 3.27. The minimum atomic E-state index is -0.260. The monoisotopic (exact) mass is 372 g/mol. The van der Waals surface area contributed by atoms with Gasteiger partial charge in [0.15, 0.2) is 10.8 Å². The topological polar surface area (TPSA) is 55.6 Å². The summed E-state index contributed by atoms with van der Waals surface area (Å²) in [6, 6.07) is 8.52. The van der Waals surface area contributed by atoms with E-state index in [-0.39, 0.29) is 17.8 Å². The van der Waals surface area contributed by atoms with E-state index in [4.69, 9.17) is 9.15 Å². The Balaban J connectivity index is 1.50. The highest BCUT2D eigenvalue weighted by atomic mass is 32.1. The molecule has 26 heavy (non-hydrogen) atoms. The normalized spacial score (nSPS) is 17.5. The molecule has 0 unspecified atom stereocenters. The Kier molecular flexibility index (Phi) is 4.57. The number of aryl methyl sites for hydroxylation is 1. The van der Waals surface area contributed by atoms with Crippen molar-refractivity contribution < 1.29 is 18.3 Å². The zero-order chi connectivity index (χ0) is 18.1. The first-order valence-electron chi connectivity index (χ1n) is 8.28. The molecule has 2 aromatic heterocycles. The van der Waals surface area contributed by atoms with Gasteiger partial charge in [-0.2, -0.15) is 0 Å². The maximum absolute atomic E-state index is 13.5. The second kappa shape index (κ2) is 7.01. The van der Waals surface area contributed by atoms with E-state index in [1.807, 2.05) is 6.07 Å². The molecule has 5 nitrogen and oxygen atoms in total. The molecule has 0 N–H and O–H groups in total. The Hall–Kier alpha value is -2.51. The van der Waals surface area contributed by atoms with Crippen molar-refractivity contribution in [1.82, 2.24) is 9.88 Å². The SMILES string of the molecule is Cc1cc([C@@H]2CN(C(=O)c3cnc(-c4ccco4)s3)CCO2)ccc1F. The molecule has 0 saturated carbocycles. The fourth-order valence-electron chi connectivity index (χ4n) is 2.95. The first-order valence-corrected chi connectivity index (χ1v) is 9.10. The van der Waals surface area contributed by atoms with Crippen LogP contribution < -0.4 is 0 Å². The summed E-state index contributed by atoms with van der Waals surface area (Å²) in [6.07, 6.45) is 2.90. The van der Waals surface area contributed by atoms with Crippen LogP contribution in [-0.4, -0.2) is 35.5 Å². The highest BCUT2D eigenvalue weighted by molar-refractivity contribution is 7.16. The number of nitrogens with zero attached hydrogens (tertiary/aromatic N) is 2. The number of benzene rings is 1. The summed E-state index contributed by atoms with van der Waals surface area (Å²) in [6.45, 7) is 3.11. The number of carbonyl (C=O) groups excluding carboxylic acids is 1. The molecule has 3 heterocycles. The van der Waals surface area contributed by atoms with E-state index in [0.29, 0.717) is 40.9 Å². The summed E-state index contributed by atoms with van der Waals surface area (Å²) >= 11 is 1.31. The maximum atomic E-state index is 13.5. The standard InChI is InChI=1S/C19H17FN2O3S/c1-12-9-13(4-5-14(12)20)16-11-22(6-8-25-16)19(23)17-10-21-18(26-17)15-3-2-7-24-15/h2-5,7,9-10,16H,6,8,11H2,1H3/t16-/m0/s1. The molecule has 1 atom stereocenters. The van der Waals surface area contributed by atoms with Gasteiger partial charge in [-0.1, -0.05) is 12.1 Å². The van der Waals surface area contributed by atoms with Gasteiger partial charge in [0.05, 0.1) is 25.6 Å². The number of halogens is 1. The van der Waals surface area contributed by atoms with Crippen LogP contribution in [0.15, 0.2) is 47.2 Å². The first-order chi connectivity index (χ1) is 12.6. The van der Waals surface area contributed by atoms with Crippen LogP contribution in [0, 0.1) is 12.7 Å². The molecule has 134 valence electrons. The van der Waals surface area contributed by atoms with Gasteiger partial charge in [-0.15, -0.1) is 11.3 Å². The van der Waals surface area contributed by atoms with Gasteiger partial charge < -0.3 is 14.1 Å². The molecular weight excluding hydrogens is 355 g/mol. The van der Waals surface area contributed by atoms with Crippen LogP contribution >= 0.6 is 11.3 Å². The number of furan rings is 1. The van der Waals surface area contributed by atoms with Crippen molar-refractivity contribution >= 4 is 17.2 Å². The van der Waals surface area contributed by atoms with Crippen LogP contribution in [0.1, 0.15) is 26.9 Å². The third-order valence-electron chi connectivity index (χ3n) is 4.36. The minimum absolute atomic E-state index is 0.0764. The third-order valence-corrected chi connectivity index (χ3v) is 5.36. The van der Waals surface area contributed by atoms with Gasteiger partial charge >= 0.3 is 0 Å². The molecular formula is C19H17FN2O3S. The summed E-state index contributed by atoms with van der Waals surface area (Å²) in [5.41, 5.74) is 1.45. The predicted molar refractivity (Wildman–Crippen MR) is 95.5 cm³/mol. The van der Waals surface area contributed by atoms with E-state index in [2.05, 4.69) is 4.98 Å². The summed E-state index contributed by atoms with van der Waals surface area (Å²) in [7, 11) is 0. The van der Waals surface area contributed by atoms with Crippen molar-refractivity contribution in [3.05, 3.63) is 64.6 Å². The van der Waals surface area contributed by atoms with E-state index >= 15 is 0 Å². The van der Waals surface area contributed by atoms with Gasteiger partial charge in [-0.25, -0.2) is 9.37 Å². The lowest BCUT2D eigenvalue weighted by atomic mass is 10.0. The predicted octanol–water partition coefficient (Wildman–Crippen LogP) is 4.06. The summed E-state index contributed by atoms with van der Waals surface area (Å²) < 4.78 is 24.6. The smallest absolute Gasteiger partial charge is 0.265 e. The lowest BCUT2D eigenvalue weighted by Crippen LogP contribution is -2.42. The molecule has 1 fully saturated rings. The Morgan fingerprint density at radius 1 is 1.38 bits per heavy atom. The lowest BCUT2D eigenvalue weighted by molar-refractivity contribution is -0.0227. The second-order valence-corrected chi connectivity index (χ2v) is 7.16. The van der Waals surface area contributed by atoms with Gasteiger partial charge in [0, 0.05) is 6.54 Å². The van der Waals surface area contributed by atoms with Crippen molar-refractivity contribution in [2.45, 2.75) is 13.0 Å². The first kappa shape index (κ1) is 16.9. The van der Waals surface area contributed by atoms with Crippen molar-refractivity contribution in [3.8, 4) is 10.8 Å². The quantitative estimate of drug-likeness (QED) is 0.696. The van der Waals surface area contributed by atoms with Crippen molar-refractivity contribution in [2.24, 2.45) is 0 Å². The number of carbonyl (C=O) groups is 1. The molecule has 0 spiro atoms. The number of thiazole rings is 1. The summed E-state index contributed by atoms with van der Waals surface area (Å²) in [5, 5.41) is 0.678. The fourth-order valence-corrected chi connectivity index (χ4v) is 3.80. The highest BCUT2D eigenvalue weighted by Crippen LogP contribution is 2.29. The summed E-state index contributed by atoms with van der Waals surface area (Å²) in [5.74, 6) is 0.329. The molecule has 7 heteroatoms. The zero-order valence-corrected chi connectivity index (χ0v) is 15.0. The average Bonchev–Trinajstić information content (AvgIpc) is 3.35. The molecule has 0 radical (unpaired) electrons. The van der Waals surface area contributed by atoms with E-state index in [0.717, 1.165) is 5.56 Å². The van der Waals surface area contributed by atoms with Gasteiger partial charge in [0.25, 0.3) is 5.91 Å². The van der Waals surface area contributed by atoms with Gasteiger partial charge in [-0.05, 0) is 36.2 Å². The molecule has 0 bridgehead atoms. The van der Waals surface area contributed by atoms with Crippen LogP contribution in [0.3, 0.4) is 0 Å². The fraction of sp³-hybridized carbons (Fsp3) is 0.263. The average molecular weight is 372 g/mol. The number of ether oxygens (including phenoxy) is 1. The van der Waals surface area contributed by atoms with Crippen molar-refractivity contribution in [2.75, 3.05) is 19.7 Å². The molecule has 1 aliphatic heterocycles. The van der Waals surface area contributed by atoms with Crippen molar-refractivity contribution in [1.29, 1.82) is 0 Å². The second-order valence-electron chi connectivity index (χ2n) is 6.13. The van der Waals surface area contributed by atoms with Crippen LogP contribution in [-0.2, 0) is 4.74 Å². The molecule has 1 amide bonds. The zero-order valence-electron chi connectivity index (χ0n) is 14.1. The number of amides is 1. The molecule has 1 saturated heterocycles. The molecule has 1 aromatic carbocycles. The van der Waals surface area contributed by atoms with Crippen LogP contribution in [0.25, 0.3) is 10.8 Å². The number of hydrogen-bond acceptors (Lipinski definition) is 5. The largest absolute Gasteiger partial charge is 0.462 e.